The molecule has 1 amide bonds. The van der Waals surface area contributed by atoms with Crippen LogP contribution in [0.1, 0.15) is 11.1 Å². The van der Waals surface area contributed by atoms with Gasteiger partial charge in [0.05, 0.1) is 16.3 Å². The number of fused-ring (bicyclic) bond motifs is 1. The number of anilines is 1. The van der Waals surface area contributed by atoms with Gasteiger partial charge in [0.1, 0.15) is 18.6 Å². The minimum absolute atomic E-state index is 0.0603. The highest BCUT2D eigenvalue weighted by Gasteiger charge is 2.33. The number of carbonyl (C=O) groups is 1. The lowest BCUT2D eigenvalue weighted by atomic mass is 10.1. The van der Waals surface area contributed by atoms with Crippen LogP contribution in [-0.4, -0.2) is 21.0 Å². The SMILES string of the molecule is O=C(Nc1ccc(Cl)c(C(F)(F)F)c1)OCc1ccc(-c2ncnc3[nH]ccc23)cc1. The molecule has 31 heavy (non-hydrogen) atoms. The van der Waals surface area contributed by atoms with E-state index in [2.05, 4.69) is 20.3 Å². The maximum absolute atomic E-state index is 12.9. The van der Waals surface area contributed by atoms with Crippen LogP contribution in [-0.2, 0) is 17.5 Å². The first-order valence-electron chi connectivity index (χ1n) is 8.99. The van der Waals surface area contributed by atoms with Gasteiger partial charge in [0.15, 0.2) is 0 Å². The molecule has 4 aromatic rings. The Hall–Kier alpha value is -3.59. The topological polar surface area (TPSA) is 79.9 Å². The van der Waals surface area contributed by atoms with Crippen molar-refractivity contribution < 1.29 is 22.7 Å². The minimum Gasteiger partial charge on any atom is -0.444 e. The average Bonchev–Trinajstić information content (AvgIpc) is 3.22. The summed E-state index contributed by atoms with van der Waals surface area (Å²) in [5.74, 6) is 0. The summed E-state index contributed by atoms with van der Waals surface area (Å²) in [4.78, 5) is 23.5. The predicted molar refractivity (Wildman–Crippen MR) is 110 cm³/mol. The average molecular weight is 447 g/mol. The highest BCUT2D eigenvalue weighted by Crippen LogP contribution is 2.36. The van der Waals surface area contributed by atoms with E-state index in [-0.39, 0.29) is 12.3 Å². The van der Waals surface area contributed by atoms with Crippen LogP contribution in [0.2, 0.25) is 5.02 Å². The zero-order chi connectivity index (χ0) is 22.0. The normalized spacial score (nSPS) is 11.5. The van der Waals surface area contributed by atoms with Crippen molar-refractivity contribution >= 4 is 34.4 Å². The van der Waals surface area contributed by atoms with Gasteiger partial charge in [-0.05, 0) is 29.8 Å². The molecule has 0 bridgehead atoms. The Morgan fingerprint density at radius 3 is 2.61 bits per heavy atom. The summed E-state index contributed by atoms with van der Waals surface area (Å²) in [7, 11) is 0. The molecule has 2 aromatic heterocycles. The van der Waals surface area contributed by atoms with Crippen LogP contribution in [0.5, 0.6) is 0 Å². The molecule has 0 saturated heterocycles. The molecule has 10 heteroatoms. The third-order valence-electron chi connectivity index (χ3n) is 4.47. The zero-order valence-corrected chi connectivity index (χ0v) is 16.5. The second-order valence-corrected chi connectivity index (χ2v) is 6.96. The van der Waals surface area contributed by atoms with Crippen molar-refractivity contribution in [1.29, 1.82) is 0 Å². The van der Waals surface area contributed by atoms with E-state index in [9.17, 15) is 18.0 Å². The number of H-pyrrole nitrogens is 1. The summed E-state index contributed by atoms with van der Waals surface area (Å²) in [5.41, 5.74) is 1.94. The summed E-state index contributed by atoms with van der Waals surface area (Å²) < 4.78 is 43.9. The number of alkyl halides is 3. The van der Waals surface area contributed by atoms with Gasteiger partial charge in [0.2, 0.25) is 0 Å². The molecule has 2 aromatic carbocycles. The Labute approximate surface area is 179 Å². The Kier molecular flexibility index (Phi) is 5.51. The molecular weight excluding hydrogens is 433 g/mol. The molecule has 0 aliphatic heterocycles. The van der Waals surface area contributed by atoms with E-state index < -0.39 is 22.9 Å². The van der Waals surface area contributed by atoms with Crippen molar-refractivity contribution in [3.05, 3.63) is 77.2 Å². The van der Waals surface area contributed by atoms with Gasteiger partial charge in [-0.15, -0.1) is 0 Å². The molecule has 158 valence electrons. The van der Waals surface area contributed by atoms with Crippen LogP contribution in [0, 0.1) is 0 Å². The fourth-order valence-corrected chi connectivity index (χ4v) is 3.21. The Morgan fingerprint density at radius 2 is 1.87 bits per heavy atom. The summed E-state index contributed by atoms with van der Waals surface area (Å²) in [6.45, 7) is -0.0603. The lowest BCUT2D eigenvalue weighted by Gasteiger charge is -2.12. The fraction of sp³-hybridized carbons (Fsp3) is 0.0952. The molecule has 0 fully saturated rings. The molecule has 0 atom stereocenters. The molecule has 0 aliphatic rings. The van der Waals surface area contributed by atoms with Crippen LogP contribution in [0.3, 0.4) is 0 Å². The first kappa shape index (κ1) is 20.7. The van der Waals surface area contributed by atoms with Crippen molar-refractivity contribution in [2.24, 2.45) is 0 Å². The third-order valence-corrected chi connectivity index (χ3v) is 4.80. The van der Waals surface area contributed by atoms with Gasteiger partial charge < -0.3 is 9.72 Å². The molecular formula is C21H14ClF3N4O2. The maximum atomic E-state index is 12.9. The number of rotatable bonds is 4. The van der Waals surface area contributed by atoms with Gasteiger partial charge in [-0.25, -0.2) is 14.8 Å². The highest BCUT2D eigenvalue weighted by atomic mass is 35.5. The first-order chi connectivity index (χ1) is 14.8. The van der Waals surface area contributed by atoms with E-state index in [1.807, 2.05) is 18.2 Å². The van der Waals surface area contributed by atoms with Crippen molar-refractivity contribution in [1.82, 2.24) is 15.0 Å². The van der Waals surface area contributed by atoms with Crippen LogP contribution in [0.15, 0.2) is 61.1 Å². The van der Waals surface area contributed by atoms with E-state index >= 15 is 0 Å². The molecule has 0 spiro atoms. The Morgan fingerprint density at radius 1 is 1.10 bits per heavy atom. The number of amides is 1. The number of halogens is 4. The standard InChI is InChI=1S/C21H14ClF3N4O2/c22-17-6-5-14(9-16(17)21(23,24)25)29-20(30)31-10-12-1-3-13(4-2-12)18-15-7-8-26-19(15)28-11-27-18/h1-9,11H,10H2,(H,29,30)(H,26,27,28). The second kappa shape index (κ2) is 8.27. The lowest BCUT2D eigenvalue weighted by molar-refractivity contribution is -0.137. The van der Waals surface area contributed by atoms with Crippen LogP contribution in [0.4, 0.5) is 23.7 Å². The zero-order valence-electron chi connectivity index (χ0n) is 15.7. The lowest BCUT2D eigenvalue weighted by Crippen LogP contribution is -2.14. The molecule has 4 rings (SSSR count). The van der Waals surface area contributed by atoms with Crippen molar-refractivity contribution in [3.8, 4) is 11.3 Å². The minimum atomic E-state index is -4.63. The highest BCUT2D eigenvalue weighted by molar-refractivity contribution is 6.31. The fourth-order valence-electron chi connectivity index (χ4n) is 2.98. The van der Waals surface area contributed by atoms with Crippen molar-refractivity contribution in [2.75, 3.05) is 5.32 Å². The number of nitrogens with one attached hydrogen (secondary N) is 2. The monoisotopic (exact) mass is 446 g/mol. The maximum Gasteiger partial charge on any atom is 0.417 e. The van der Waals surface area contributed by atoms with Gasteiger partial charge in [-0.1, -0.05) is 35.9 Å². The molecule has 2 N–H and O–H groups in total. The van der Waals surface area contributed by atoms with E-state index in [1.54, 1.807) is 18.3 Å². The number of nitrogens with zero attached hydrogens (tertiary/aromatic N) is 2. The summed E-state index contributed by atoms with van der Waals surface area (Å²) in [5, 5.41) is 2.70. The van der Waals surface area contributed by atoms with Crippen molar-refractivity contribution in [2.45, 2.75) is 12.8 Å². The second-order valence-electron chi connectivity index (χ2n) is 6.55. The van der Waals surface area contributed by atoms with Gasteiger partial charge in [-0.3, -0.25) is 5.32 Å². The molecule has 0 aliphatic carbocycles. The van der Waals surface area contributed by atoms with E-state index in [0.717, 1.165) is 34.4 Å². The molecule has 0 radical (unpaired) electrons. The molecule has 2 heterocycles. The van der Waals surface area contributed by atoms with Crippen LogP contribution < -0.4 is 5.32 Å². The number of aromatic amines is 1. The van der Waals surface area contributed by atoms with Gasteiger partial charge in [-0.2, -0.15) is 13.2 Å². The Bertz CT molecular complexity index is 1240. The van der Waals surface area contributed by atoms with E-state index in [0.29, 0.717) is 5.56 Å². The van der Waals surface area contributed by atoms with E-state index in [1.165, 1.54) is 12.4 Å². The quantitative estimate of drug-likeness (QED) is 0.400. The summed E-state index contributed by atoms with van der Waals surface area (Å²) in [6.07, 6.45) is -2.27. The first-order valence-corrected chi connectivity index (χ1v) is 9.37. The van der Waals surface area contributed by atoms with Crippen molar-refractivity contribution in [3.63, 3.8) is 0 Å². The van der Waals surface area contributed by atoms with Gasteiger partial charge >= 0.3 is 12.3 Å². The summed E-state index contributed by atoms with van der Waals surface area (Å²) in [6, 6.07) is 12.2. The largest absolute Gasteiger partial charge is 0.444 e. The summed E-state index contributed by atoms with van der Waals surface area (Å²) >= 11 is 5.57. The van der Waals surface area contributed by atoms with Gasteiger partial charge in [0.25, 0.3) is 0 Å². The number of ether oxygens (including phenoxy) is 1. The molecule has 6 nitrogen and oxygen atoms in total. The number of benzene rings is 2. The third kappa shape index (κ3) is 4.61. The van der Waals surface area contributed by atoms with Crippen LogP contribution in [0.25, 0.3) is 22.3 Å². The number of hydrogen-bond acceptors (Lipinski definition) is 4. The van der Waals surface area contributed by atoms with Crippen LogP contribution >= 0.6 is 11.6 Å². The van der Waals surface area contributed by atoms with Gasteiger partial charge in [0, 0.05) is 22.8 Å². The smallest absolute Gasteiger partial charge is 0.417 e. The molecule has 0 saturated carbocycles. The number of carbonyl (C=O) groups excluding carboxylic acids is 1. The number of hydrogen-bond donors (Lipinski definition) is 2. The molecule has 0 unspecified atom stereocenters. The predicted octanol–water partition coefficient (Wildman–Crippen LogP) is 6.05. The van der Waals surface area contributed by atoms with E-state index in [4.69, 9.17) is 16.3 Å². The Balaban J connectivity index is 1.40. The number of aromatic nitrogens is 3.